The minimum Gasteiger partial charge on any atom is -0.387 e. The molecule has 5 heteroatoms. The molecule has 3 rings (SSSR count). The van der Waals surface area contributed by atoms with Gasteiger partial charge in [-0.3, -0.25) is 0 Å². The van der Waals surface area contributed by atoms with E-state index in [0.717, 1.165) is 16.8 Å². The maximum absolute atomic E-state index is 5.87. The number of aromatic nitrogens is 2. The van der Waals surface area contributed by atoms with Crippen LogP contribution >= 0.6 is 11.6 Å². The molecule has 2 aromatic carbocycles. The highest BCUT2D eigenvalue weighted by molar-refractivity contribution is 6.30. The zero-order valence-electron chi connectivity index (χ0n) is 10.8. The summed E-state index contributed by atoms with van der Waals surface area (Å²) in [5, 5.41) is 7.79. The van der Waals surface area contributed by atoms with E-state index in [9.17, 15) is 0 Å². The number of para-hydroxylation sites is 1. The summed E-state index contributed by atoms with van der Waals surface area (Å²) >= 11 is 5.87. The average Bonchev–Trinajstić information content (AvgIpc) is 2.97. The molecule has 100 valence electrons. The fourth-order valence-electron chi connectivity index (χ4n) is 1.94. The Kier molecular flexibility index (Phi) is 3.39. The van der Waals surface area contributed by atoms with Crippen molar-refractivity contribution in [3.63, 3.8) is 0 Å². The molecule has 4 nitrogen and oxygen atoms in total. The third-order valence-electron chi connectivity index (χ3n) is 2.96. The lowest BCUT2D eigenvalue weighted by Crippen LogP contribution is -1.91. The van der Waals surface area contributed by atoms with Crippen molar-refractivity contribution in [2.75, 3.05) is 12.4 Å². The average molecular weight is 286 g/mol. The number of nitrogens with zero attached hydrogens (tertiary/aromatic N) is 2. The number of hydrogen-bond acceptors (Lipinski definition) is 4. The van der Waals surface area contributed by atoms with Crippen LogP contribution in [-0.2, 0) is 0 Å². The van der Waals surface area contributed by atoms with Gasteiger partial charge in [0.05, 0.1) is 5.56 Å². The van der Waals surface area contributed by atoms with Gasteiger partial charge in [0.15, 0.2) is 0 Å². The van der Waals surface area contributed by atoms with Crippen molar-refractivity contribution >= 4 is 17.3 Å². The summed E-state index contributed by atoms with van der Waals surface area (Å²) in [6.45, 7) is 0. The van der Waals surface area contributed by atoms with Crippen LogP contribution in [0, 0.1) is 0 Å². The molecule has 0 amide bonds. The Bertz CT molecular complexity index is 722. The SMILES string of the molecule is CNc1ccccc1-c1nc(-c2ccc(Cl)cc2)no1. The molecule has 20 heavy (non-hydrogen) atoms. The minimum absolute atomic E-state index is 0.486. The van der Waals surface area contributed by atoms with Gasteiger partial charge in [-0.1, -0.05) is 28.9 Å². The van der Waals surface area contributed by atoms with E-state index < -0.39 is 0 Å². The second kappa shape index (κ2) is 5.35. The molecule has 1 N–H and O–H groups in total. The summed E-state index contributed by atoms with van der Waals surface area (Å²) in [4.78, 5) is 4.43. The van der Waals surface area contributed by atoms with Gasteiger partial charge in [0.25, 0.3) is 5.89 Å². The molecule has 0 saturated carbocycles. The van der Waals surface area contributed by atoms with Gasteiger partial charge in [0.2, 0.25) is 5.82 Å². The third-order valence-corrected chi connectivity index (χ3v) is 3.21. The zero-order valence-corrected chi connectivity index (χ0v) is 11.6. The van der Waals surface area contributed by atoms with Crippen LogP contribution in [0.3, 0.4) is 0 Å². The highest BCUT2D eigenvalue weighted by atomic mass is 35.5. The summed E-state index contributed by atoms with van der Waals surface area (Å²) in [6, 6.07) is 15.1. The van der Waals surface area contributed by atoms with Crippen LogP contribution in [0.4, 0.5) is 5.69 Å². The first-order valence-corrected chi connectivity index (χ1v) is 6.52. The van der Waals surface area contributed by atoms with E-state index >= 15 is 0 Å². The lowest BCUT2D eigenvalue weighted by Gasteiger charge is -2.03. The predicted molar refractivity (Wildman–Crippen MR) is 79.7 cm³/mol. The van der Waals surface area contributed by atoms with Gasteiger partial charge in [-0.2, -0.15) is 4.98 Å². The van der Waals surface area contributed by atoms with Gasteiger partial charge in [0, 0.05) is 23.3 Å². The monoisotopic (exact) mass is 285 g/mol. The molecule has 1 heterocycles. The summed E-state index contributed by atoms with van der Waals surface area (Å²) < 4.78 is 5.34. The minimum atomic E-state index is 0.486. The molecule has 0 saturated heterocycles. The number of benzene rings is 2. The molecule has 0 aliphatic heterocycles. The van der Waals surface area contributed by atoms with E-state index in [0.29, 0.717) is 16.7 Å². The van der Waals surface area contributed by atoms with Crippen LogP contribution in [0.15, 0.2) is 53.1 Å². The Morgan fingerprint density at radius 1 is 1.05 bits per heavy atom. The van der Waals surface area contributed by atoms with Crippen molar-refractivity contribution in [2.24, 2.45) is 0 Å². The van der Waals surface area contributed by atoms with Crippen molar-refractivity contribution in [1.82, 2.24) is 10.1 Å². The van der Waals surface area contributed by atoms with Crippen molar-refractivity contribution in [3.8, 4) is 22.8 Å². The third kappa shape index (κ3) is 2.38. The molecule has 0 fully saturated rings. The lowest BCUT2D eigenvalue weighted by molar-refractivity contribution is 0.432. The number of rotatable bonds is 3. The smallest absolute Gasteiger partial charge is 0.260 e. The van der Waals surface area contributed by atoms with Crippen LogP contribution in [-0.4, -0.2) is 17.2 Å². The van der Waals surface area contributed by atoms with Crippen LogP contribution in [0.2, 0.25) is 5.02 Å². The Morgan fingerprint density at radius 2 is 1.80 bits per heavy atom. The number of nitrogens with one attached hydrogen (secondary N) is 1. The second-order valence-corrected chi connectivity index (χ2v) is 4.66. The highest BCUT2D eigenvalue weighted by Gasteiger charge is 2.13. The van der Waals surface area contributed by atoms with E-state index in [1.54, 1.807) is 12.1 Å². The van der Waals surface area contributed by atoms with E-state index in [1.165, 1.54) is 0 Å². The molecule has 0 aliphatic carbocycles. The van der Waals surface area contributed by atoms with Gasteiger partial charge in [-0.25, -0.2) is 0 Å². The van der Waals surface area contributed by atoms with Gasteiger partial charge < -0.3 is 9.84 Å². The van der Waals surface area contributed by atoms with E-state index in [2.05, 4.69) is 15.5 Å². The summed E-state index contributed by atoms with van der Waals surface area (Å²) in [6.07, 6.45) is 0. The van der Waals surface area contributed by atoms with Crippen molar-refractivity contribution in [3.05, 3.63) is 53.6 Å². The maximum Gasteiger partial charge on any atom is 0.260 e. The molecule has 0 unspecified atom stereocenters. The van der Waals surface area contributed by atoms with Gasteiger partial charge in [-0.05, 0) is 36.4 Å². The molecule has 0 spiro atoms. The zero-order chi connectivity index (χ0) is 13.9. The summed E-state index contributed by atoms with van der Waals surface area (Å²) in [5.74, 6) is 1.03. The van der Waals surface area contributed by atoms with E-state index in [1.807, 2.05) is 43.4 Å². The standard InChI is InChI=1S/C15H12ClN3O/c1-17-13-5-3-2-4-12(13)15-18-14(19-20-15)10-6-8-11(16)9-7-10/h2-9,17H,1H3. The van der Waals surface area contributed by atoms with Gasteiger partial charge in [0.1, 0.15) is 0 Å². The van der Waals surface area contributed by atoms with Gasteiger partial charge in [-0.15, -0.1) is 0 Å². The van der Waals surface area contributed by atoms with E-state index in [4.69, 9.17) is 16.1 Å². The van der Waals surface area contributed by atoms with Crippen LogP contribution in [0.1, 0.15) is 0 Å². The Labute approximate surface area is 121 Å². The highest BCUT2D eigenvalue weighted by Crippen LogP contribution is 2.28. The topological polar surface area (TPSA) is 51.0 Å². The Balaban J connectivity index is 2.00. The molecule has 0 aliphatic rings. The van der Waals surface area contributed by atoms with Crippen molar-refractivity contribution in [2.45, 2.75) is 0 Å². The normalized spacial score (nSPS) is 10.5. The number of anilines is 1. The Hall–Kier alpha value is -2.33. The van der Waals surface area contributed by atoms with Crippen molar-refractivity contribution in [1.29, 1.82) is 0 Å². The first-order chi connectivity index (χ1) is 9.78. The quantitative estimate of drug-likeness (QED) is 0.787. The first-order valence-electron chi connectivity index (χ1n) is 6.15. The molecule has 0 atom stereocenters. The lowest BCUT2D eigenvalue weighted by atomic mass is 10.1. The molecular formula is C15H12ClN3O. The number of hydrogen-bond donors (Lipinski definition) is 1. The fraction of sp³-hybridized carbons (Fsp3) is 0.0667. The van der Waals surface area contributed by atoms with Gasteiger partial charge >= 0.3 is 0 Å². The molecular weight excluding hydrogens is 274 g/mol. The Morgan fingerprint density at radius 3 is 2.55 bits per heavy atom. The predicted octanol–water partition coefficient (Wildman–Crippen LogP) is 4.10. The summed E-state index contributed by atoms with van der Waals surface area (Å²) in [7, 11) is 1.86. The van der Waals surface area contributed by atoms with Crippen LogP contribution in [0.25, 0.3) is 22.8 Å². The van der Waals surface area contributed by atoms with E-state index in [-0.39, 0.29) is 0 Å². The van der Waals surface area contributed by atoms with Crippen LogP contribution in [0.5, 0.6) is 0 Å². The molecule has 0 bridgehead atoms. The number of halogens is 1. The van der Waals surface area contributed by atoms with Crippen LogP contribution < -0.4 is 5.32 Å². The molecule has 3 aromatic rings. The fourth-order valence-corrected chi connectivity index (χ4v) is 2.06. The summed E-state index contributed by atoms with van der Waals surface area (Å²) in [5.41, 5.74) is 2.69. The first kappa shape index (κ1) is 12.7. The maximum atomic E-state index is 5.87. The van der Waals surface area contributed by atoms with Crippen molar-refractivity contribution < 1.29 is 4.52 Å². The largest absolute Gasteiger partial charge is 0.387 e. The molecule has 0 radical (unpaired) electrons. The molecule has 1 aromatic heterocycles. The second-order valence-electron chi connectivity index (χ2n) is 4.23.